The summed E-state index contributed by atoms with van der Waals surface area (Å²) in [7, 11) is 0. The van der Waals surface area contributed by atoms with E-state index in [0.29, 0.717) is 12.8 Å². The maximum absolute atomic E-state index is 11.9. The van der Waals surface area contributed by atoms with Crippen LogP contribution in [0, 0.1) is 17.8 Å². The van der Waals surface area contributed by atoms with E-state index in [1.807, 2.05) is 13.8 Å². The second-order valence-electron chi connectivity index (χ2n) is 17.3. The Kier molecular flexibility index (Phi) is 21.2. The fraction of sp³-hybridized carbons (Fsp3) is 0.925. The molecule has 3 aliphatic heterocycles. The summed E-state index contributed by atoms with van der Waals surface area (Å²) in [6.07, 6.45) is -6.73. The molecule has 3 heterocycles. The number of aliphatic hydroxyl groups excluding tert-OH is 7. The standard InChI is InChI=1S/C14H26O5.2C13H24O5/c1-5-11-13(17)12(16)10(8(2)19-11)6-9(15)7-14(3,4)18;1-7-10(5-9(14)6-13(3,4)17)12(16)11(15)8(2)18-7;1-4-11-13(17)12(16)10(8(3)18-11)6-9(15)5-7(2)14/h8,10-13,16-18H,5-7H2,1-4H3;7-8,10-12,15-17H,5-6H2,1-4H3;7-8,10-14,16-17H,4-6H2,1-3H3/t;;7-,8?,10?,11?,12?,13?/m..1/s1. The lowest BCUT2D eigenvalue weighted by Crippen LogP contribution is -2.53. The highest BCUT2D eigenvalue weighted by molar-refractivity contribution is 5.80. The molecular formula is C40H74O15. The van der Waals surface area contributed by atoms with E-state index < -0.39 is 77.8 Å². The van der Waals surface area contributed by atoms with Gasteiger partial charge in [-0.25, -0.2) is 0 Å². The molecule has 3 saturated heterocycles. The zero-order chi connectivity index (χ0) is 42.7. The van der Waals surface area contributed by atoms with Crippen LogP contribution in [0.25, 0.3) is 0 Å². The number of Topliss-reactive ketones (excluding diaryl/α,β-unsaturated/α-hetero) is 3. The van der Waals surface area contributed by atoms with Gasteiger partial charge in [0, 0.05) is 56.3 Å². The predicted molar refractivity (Wildman–Crippen MR) is 203 cm³/mol. The molecule has 3 aliphatic rings. The van der Waals surface area contributed by atoms with Crippen molar-refractivity contribution in [3.63, 3.8) is 0 Å². The number of carbonyl (C=O) groups is 3. The smallest absolute Gasteiger partial charge is 0.136 e. The first kappa shape index (κ1) is 51.5. The van der Waals surface area contributed by atoms with Crippen LogP contribution in [0.4, 0.5) is 0 Å². The minimum atomic E-state index is -1.05. The molecule has 0 aromatic carbocycles. The van der Waals surface area contributed by atoms with Gasteiger partial charge in [0.15, 0.2) is 0 Å². The first-order valence-corrected chi connectivity index (χ1v) is 19.9. The molecule has 3 rings (SSSR count). The lowest BCUT2D eigenvalue weighted by Gasteiger charge is -2.41. The minimum absolute atomic E-state index is 0.0363. The van der Waals surface area contributed by atoms with Crippen molar-refractivity contribution < 1.29 is 74.6 Å². The predicted octanol–water partition coefficient (Wildman–Crippen LogP) is 1.15. The Morgan fingerprint density at radius 2 is 0.836 bits per heavy atom. The number of rotatable bonds is 14. The maximum Gasteiger partial charge on any atom is 0.136 e. The van der Waals surface area contributed by atoms with Crippen molar-refractivity contribution in [3.8, 4) is 0 Å². The molecule has 0 aromatic heterocycles. The fourth-order valence-corrected chi connectivity index (χ4v) is 7.59. The average molecular weight is 795 g/mol. The Labute approximate surface area is 327 Å². The van der Waals surface area contributed by atoms with E-state index in [4.69, 9.17) is 19.3 Å². The van der Waals surface area contributed by atoms with Crippen LogP contribution in [0.3, 0.4) is 0 Å². The van der Waals surface area contributed by atoms with E-state index in [1.54, 1.807) is 62.3 Å². The van der Waals surface area contributed by atoms with Gasteiger partial charge in [0.1, 0.15) is 35.7 Å². The third-order valence-corrected chi connectivity index (χ3v) is 10.6. The third-order valence-electron chi connectivity index (χ3n) is 10.6. The van der Waals surface area contributed by atoms with Gasteiger partial charge in [-0.2, -0.15) is 0 Å². The van der Waals surface area contributed by atoms with Crippen molar-refractivity contribution in [1.29, 1.82) is 0 Å². The molecule has 15 heteroatoms. The van der Waals surface area contributed by atoms with Crippen molar-refractivity contribution in [1.82, 2.24) is 0 Å². The largest absolute Gasteiger partial charge is 0.393 e. The van der Waals surface area contributed by atoms with Crippen molar-refractivity contribution in [2.24, 2.45) is 17.8 Å². The number of ketones is 3. The summed E-state index contributed by atoms with van der Waals surface area (Å²) in [6, 6.07) is 0. The van der Waals surface area contributed by atoms with Crippen LogP contribution in [0.5, 0.6) is 0 Å². The molecule has 0 amide bonds. The molecule has 15 unspecified atom stereocenters. The van der Waals surface area contributed by atoms with Crippen LogP contribution < -0.4 is 0 Å². The van der Waals surface area contributed by atoms with E-state index >= 15 is 0 Å². The zero-order valence-corrected chi connectivity index (χ0v) is 34.9. The van der Waals surface area contributed by atoms with E-state index in [0.717, 1.165) is 0 Å². The number of carbonyl (C=O) groups excluding carboxylic acids is 3. The van der Waals surface area contributed by atoms with Crippen LogP contribution in [0.2, 0.25) is 0 Å². The van der Waals surface area contributed by atoms with E-state index in [-0.39, 0.29) is 86.4 Å². The van der Waals surface area contributed by atoms with Crippen molar-refractivity contribution in [3.05, 3.63) is 0 Å². The third kappa shape index (κ3) is 17.1. The first-order valence-electron chi connectivity index (χ1n) is 19.9. The van der Waals surface area contributed by atoms with Crippen LogP contribution >= 0.6 is 0 Å². The summed E-state index contributed by atoms with van der Waals surface area (Å²) in [5, 5.41) is 88.1. The summed E-state index contributed by atoms with van der Waals surface area (Å²) >= 11 is 0. The van der Waals surface area contributed by atoms with Gasteiger partial charge in [0.2, 0.25) is 0 Å². The molecule has 0 bridgehead atoms. The van der Waals surface area contributed by atoms with E-state index in [2.05, 4.69) is 0 Å². The van der Waals surface area contributed by atoms with Gasteiger partial charge >= 0.3 is 0 Å². The molecule has 0 saturated carbocycles. The molecule has 15 nitrogen and oxygen atoms in total. The van der Waals surface area contributed by atoms with Gasteiger partial charge < -0.3 is 60.2 Å². The Bertz CT molecular complexity index is 1170. The van der Waals surface area contributed by atoms with Crippen LogP contribution in [0.1, 0.15) is 128 Å². The fourth-order valence-electron chi connectivity index (χ4n) is 7.59. The van der Waals surface area contributed by atoms with Crippen molar-refractivity contribution in [2.45, 2.75) is 218 Å². The zero-order valence-electron chi connectivity index (χ0n) is 34.9. The monoisotopic (exact) mass is 795 g/mol. The Morgan fingerprint density at radius 1 is 0.527 bits per heavy atom. The lowest BCUT2D eigenvalue weighted by atomic mass is 9.82. The van der Waals surface area contributed by atoms with Crippen molar-refractivity contribution >= 4 is 17.3 Å². The number of hydrogen-bond acceptors (Lipinski definition) is 15. The number of aliphatic hydroxyl groups is 9. The van der Waals surface area contributed by atoms with E-state index in [9.17, 15) is 55.2 Å². The molecule has 0 spiro atoms. The summed E-state index contributed by atoms with van der Waals surface area (Å²) in [5.41, 5.74) is -2.10. The molecule has 3 fully saturated rings. The molecular weight excluding hydrogens is 720 g/mol. The first-order chi connectivity index (χ1) is 25.1. The summed E-state index contributed by atoms with van der Waals surface area (Å²) < 4.78 is 16.7. The van der Waals surface area contributed by atoms with Gasteiger partial charge in [0.05, 0.1) is 72.2 Å². The minimum Gasteiger partial charge on any atom is -0.393 e. The second kappa shape index (κ2) is 22.6. The number of hydrogen-bond donors (Lipinski definition) is 9. The quantitative estimate of drug-likeness (QED) is 0.119. The SMILES string of the molecule is CC1OC(C)C(CC(=O)CC(C)(C)O)C(O)C1O.CCC1OC(C)C(CC(=O)CC(C)(C)O)C(O)C1O.CCC1OC(C)C(CC(=O)C[C@@H](C)O)C(O)C1O. The molecule has 0 radical (unpaired) electrons. The number of ether oxygens (including phenoxy) is 3. The highest BCUT2D eigenvalue weighted by Gasteiger charge is 2.44. The summed E-state index contributed by atoms with van der Waals surface area (Å²) in [4.78, 5) is 35.3. The maximum atomic E-state index is 11.9. The normalized spacial score (nSPS) is 37.4. The van der Waals surface area contributed by atoms with Crippen LogP contribution in [0.15, 0.2) is 0 Å². The Morgan fingerprint density at radius 3 is 1.15 bits per heavy atom. The van der Waals surface area contributed by atoms with Crippen LogP contribution in [-0.2, 0) is 28.6 Å². The molecule has 324 valence electrons. The van der Waals surface area contributed by atoms with Crippen LogP contribution in [-0.4, -0.2) is 154 Å². The molecule has 0 aromatic rings. The lowest BCUT2D eigenvalue weighted by molar-refractivity contribution is -0.197. The Hall–Kier alpha value is -1.47. The molecule has 9 N–H and O–H groups in total. The summed E-state index contributed by atoms with van der Waals surface area (Å²) in [6.45, 7) is 18.7. The van der Waals surface area contributed by atoms with Gasteiger partial charge in [-0.1, -0.05) is 13.8 Å². The second-order valence-corrected chi connectivity index (χ2v) is 17.3. The molecule has 55 heavy (non-hydrogen) atoms. The van der Waals surface area contributed by atoms with Gasteiger partial charge in [-0.05, 0) is 75.2 Å². The highest BCUT2D eigenvalue weighted by atomic mass is 16.5. The summed E-state index contributed by atoms with van der Waals surface area (Å²) in [5.74, 6) is -1.64. The molecule has 16 atom stereocenters. The van der Waals surface area contributed by atoms with E-state index in [1.165, 1.54) is 0 Å². The average Bonchev–Trinajstić information content (AvgIpc) is 3.04. The molecule has 0 aliphatic carbocycles. The highest BCUT2D eigenvalue weighted by Crippen LogP contribution is 2.33. The van der Waals surface area contributed by atoms with Gasteiger partial charge in [-0.15, -0.1) is 0 Å². The Balaban J connectivity index is 0.000000413. The van der Waals surface area contributed by atoms with Gasteiger partial charge in [-0.3, -0.25) is 14.4 Å². The van der Waals surface area contributed by atoms with Crippen molar-refractivity contribution in [2.75, 3.05) is 0 Å². The topological polar surface area (TPSA) is 261 Å². The van der Waals surface area contributed by atoms with Gasteiger partial charge in [0.25, 0.3) is 0 Å².